The summed E-state index contributed by atoms with van der Waals surface area (Å²) >= 11 is 4.17. The standard InChI is InChI=1S/C33H60O12S/c1-32-4-6-33(7-5-32)45-30-29-44-28-27-43-26-25-42-24-23-41-22-21-40-20-19-39-18-17-38-16-15-37-14-13-36-12-11-35-10-9-34-8-2-3-31-46/h4-7,46H,2-3,8-31H2,1H3. The van der Waals surface area contributed by atoms with Gasteiger partial charge in [0.15, 0.2) is 0 Å². The van der Waals surface area contributed by atoms with Gasteiger partial charge in [-0.05, 0) is 37.7 Å². The first-order valence-electron chi connectivity index (χ1n) is 16.5. The number of rotatable bonds is 38. The lowest BCUT2D eigenvalue weighted by Gasteiger charge is -2.09. The smallest absolute Gasteiger partial charge is 0.119 e. The summed E-state index contributed by atoms with van der Waals surface area (Å²) in [5.74, 6) is 1.76. The summed E-state index contributed by atoms with van der Waals surface area (Å²) in [6.45, 7) is 14.5. The van der Waals surface area contributed by atoms with E-state index in [0.717, 1.165) is 31.0 Å². The van der Waals surface area contributed by atoms with Gasteiger partial charge in [0.05, 0.1) is 139 Å². The van der Waals surface area contributed by atoms with Crippen molar-refractivity contribution in [1.29, 1.82) is 0 Å². The molecule has 12 nitrogen and oxygen atoms in total. The molecule has 0 aliphatic rings. The lowest BCUT2D eigenvalue weighted by molar-refractivity contribution is -0.0277. The van der Waals surface area contributed by atoms with E-state index in [-0.39, 0.29) is 0 Å². The second-order valence-electron chi connectivity index (χ2n) is 9.83. The zero-order valence-electron chi connectivity index (χ0n) is 28.0. The first-order chi connectivity index (χ1) is 22.8. The van der Waals surface area contributed by atoms with E-state index in [0.29, 0.717) is 145 Å². The van der Waals surface area contributed by atoms with E-state index in [1.54, 1.807) is 0 Å². The molecule has 0 atom stereocenters. The molecule has 0 heterocycles. The molecule has 1 aromatic rings. The first kappa shape index (κ1) is 43.0. The Hall–Kier alpha value is -1.07. The largest absolute Gasteiger partial charge is 0.491 e. The van der Waals surface area contributed by atoms with E-state index in [2.05, 4.69) is 12.6 Å². The van der Waals surface area contributed by atoms with Gasteiger partial charge in [-0.1, -0.05) is 17.7 Å². The SMILES string of the molecule is Cc1ccc(OCCOCCOCCOCCOCCOCCOCCOCCOCCOCCOCCOCCCCS)cc1. The van der Waals surface area contributed by atoms with Crippen LogP contribution in [0.25, 0.3) is 0 Å². The van der Waals surface area contributed by atoms with Crippen LogP contribution in [0.4, 0.5) is 0 Å². The molecule has 13 heteroatoms. The molecule has 1 aromatic carbocycles. The van der Waals surface area contributed by atoms with Gasteiger partial charge in [-0.15, -0.1) is 0 Å². The minimum atomic E-state index is 0.513. The van der Waals surface area contributed by atoms with E-state index < -0.39 is 0 Å². The van der Waals surface area contributed by atoms with Gasteiger partial charge in [-0.2, -0.15) is 12.6 Å². The van der Waals surface area contributed by atoms with E-state index in [1.807, 2.05) is 31.2 Å². The van der Waals surface area contributed by atoms with E-state index in [1.165, 1.54) is 5.56 Å². The summed E-state index contributed by atoms with van der Waals surface area (Å²) in [4.78, 5) is 0. The minimum absolute atomic E-state index is 0.513. The Balaban J connectivity index is 1.62. The molecule has 0 aliphatic heterocycles. The van der Waals surface area contributed by atoms with Gasteiger partial charge in [0.2, 0.25) is 0 Å². The first-order valence-corrected chi connectivity index (χ1v) is 17.1. The number of benzene rings is 1. The fourth-order valence-electron chi connectivity index (χ4n) is 3.47. The number of unbranched alkanes of at least 4 members (excludes halogenated alkanes) is 1. The van der Waals surface area contributed by atoms with Crippen molar-refractivity contribution < 1.29 is 56.8 Å². The van der Waals surface area contributed by atoms with Gasteiger partial charge < -0.3 is 56.8 Å². The summed E-state index contributed by atoms with van der Waals surface area (Å²) < 4.78 is 65.9. The Kier molecular flexibility index (Phi) is 34.3. The second-order valence-corrected chi connectivity index (χ2v) is 10.3. The van der Waals surface area contributed by atoms with E-state index in [4.69, 9.17) is 56.8 Å². The van der Waals surface area contributed by atoms with Crippen LogP contribution in [0.3, 0.4) is 0 Å². The maximum Gasteiger partial charge on any atom is 0.119 e. The van der Waals surface area contributed by atoms with Crippen molar-refractivity contribution in [2.75, 3.05) is 158 Å². The molecule has 0 radical (unpaired) electrons. The maximum atomic E-state index is 5.61. The Labute approximate surface area is 282 Å². The van der Waals surface area contributed by atoms with Crippen molar-refractivity contribution in [3.8, 4) is 5.75 Å². The fraction of sp³-hybridized carbons (Fsp3) is 0.818. The third kappa shape index (κ3) is 32.9. The van der Waals surface area contributed by atoms with Crippen LogP contribution in [0, 0.1) is 6.92 Å². The molecular weight excluding hydrogens is 620 g/mol. The highest BCUT2D eigenvalue weighted by Gasteiger charge is 1.97. The van der Waals surface area contributed by atoms with Crippen molar-refractivity contribution >= 4 is 12.6 Å². The zero-order chi connectivity index (χ0) is 32.9. The fourth-order valence-corrected chi connectivity index (χ4v) is 3.69. The molecule has 0 N–H and O–H groups in total. The van der Waals surface area contributed by atoms with Gasteiger partial charge in [-0.3, -0.25) is 0 Å². The highest BCUT2D eigenvalue weighted by atomic mass is 32.1. The van der Waals surface area contributed by atoms with Gasteiger partial charge in [0.1, 0.15) is 12.4 Å². The van der Waals surface area contributed by atoms with Crippen molar-refractivity contribution in [2.24, 2.45) is 0 Å². The molecule has 270 valence electrons. The Bertz CT molecular complexity index is 716. The predicted molar refractivity (Wildman–Crippen MR) is 179 cm³/mol. The molecule has 0 fully saturated rings. The third-order valence-electron chi connectivity index (χ3n) is 5.93. The van der Waals surface area contributed by atoms with Gasteiger partial charge >= 0.3 is 0 Å². The molecule has 0 unspecified atom stereocenters. The van der Waals surface area contributed by atoms with Crippen LogP contribution in [-0.4, -0.2) is 158 Å². The monoisotopic (exact) mass is 680 g/mol. The molecule has 1 rings (SSSR count). The highest BCUT2D eigenvalue weighted by Crippen LogP contribution is 2.10. The van der Waals surface area contributed by atoms with Crippen LogP contribution >= 0.6 is 12.6 Å². The molecule has 0 amide bonds. The molecular formula is C33H60O12S. The lowest BCUT2D eigenvalue weighted by atomic mass is 10.2. The number of hydrogen-bond acceptors (Lipinski definition) is 13. The van der Waals surface area contributed by atoms with Crippen LogP contribution < -0.4 is 4.74 Å². The van der Waals surface area contributed by atoms with E-state index in [9.17, 15) is 0 Å². The normalized spacial score (nSPS) is 11.4. The third-order valence-corrected chi connectivity index (χ3v) is 6.25. The molecule has 0 saturated heterocycles. The quantitative estimate of drug-likeness (QED) is 0.0818. The topological polar surface area (TPSA) is 111 Å². The van der Waals surface area contributed by atoms with Crippen molar-refractivity contribution in [3.05, 3.63) is 29.8 Å². The summed E-state index contributed by atoms with van der Waals surface area (Å²) in [7, 11) is 0. The number of thiol groups is 1. The molecule has 0 spiro atoms. The van der Waals surface area contributed by atoms with Crippen molar-refractivity contribution in [2.45, 2.75) is 19.8 Å². The molecule has 0 aromatic heterocycles. The highest BCUT2D eigenvalue weighted by molar-refractivity contribution is 7.80. The molecule has 46 heavy (non-hydrogen) atoms. The summed E-state index contributed by atoms with van der Waals surface area (Å²) in [5, 5.41) is 0. The lowest BCUT2D eigenvalue weighted by Crippen LogP contribution is -2.15. The van der Waals surface area contributed by atoms with Gasteiger partial charge in [0, 0.05) is 6.61 Å². The Morgan fingerprint density at radius 1 is 0.348 bits per heavy atom. The zero-order valence-corrected chi connectivity index (χ0v) is 28.9. The summed E-state index contributed by atoms with van der Waals surface area (Å²) in [6, 6.07) is 7.96. The van der Waals surface area contributed by atoms with Crippen LogP contribution in [0.15, 0.2) is 24.3 Å². The average Bonchev–Trinajstić information content (AvgIpc) is 3.07. The maximum absolute atomic E-state index is 5.61. The average molecular weight is 681 g/mol. The summed E-state index contributed by atoms with van der Waals surface area (Å²) in [5.41, 5.74) is 1.21. The van der Waals surface area contributed by atoms with Crippen LogP contribution in [0.5, 0.6) is 5.75 Å². The number of hydrogen-bond donors (Lipinski definition) is 1. The van der Waals surface area contributed by atoms with Crippen molar-refractivity contribution in [1.82, 2.24) is 0 Å². The Morgan fingerprint density at radius 3 is 0.891 bits per heavy atom. The van der Waals surface area contributed by atoms with Crippen LogP contribution in [0.2, 0.25) is 0 Å². The molecule has 0 bridgehead atoms. The predicted octanol–water partition coefficient (Wildman–Crippen LogP) is 3.27. The molecule has 0 saturated carbocycles. The van der Waals surface area contributed by atoms with Crippen molar-refractivity contribution in [3.63, 3.8) is 0 Å². The number of aryl methyl sites for hydroxylation is 1. The van der Waals surface area contributed by atoms with E-state index >= 15 is 0 Å². The second kappa shape index (κ2) is 36.8. The molecule has 0 aliphatic carbocycles. The van der Waals surface area contributed by atoms with Crippen LogP contribution in [-0.2, 0) is 52.1 Å². The minimum Gasteiger partial charge on any atom is -0.491 e. The van der Waals surface area contributed by atoms with Gasteiger partial charge in [-0.25, -0.2) is 0 Å². The van der Waals surface area contributed by atoms with Crippen LogP contribution in [0.1, 0.15) is 18.4 Å². The Morgan fingerprint density at radius 2 is 0.609 bits per heavy atom. The number of ether oxygens (including phenoxy) is 12. The van der Waals surface area contributed by atoms with Gasteiger partial charge in [0.25, 0.3) is 0 Å². The summed E-state index contributed by atoms with van der Waals surface area (Å²) in [6.07, 6.45) is 2.12.